The molecule has 1 aromatic heterocycles. The van der Waals surface area contributed by atoms with E-state index in [1.807, 2.05) is 35.4 Å². The topological polar surface area (TPSA) is 45.2 Å². The molecule has 2 aliphatic rings. The number of nitrogens with one attached hydrogen (secondary N) is 1. The van der Waals surface area contributed by atoms with Crippen LogP contribution in [0.25, 0.3) is 0 Å². The molecule has 2 aromatic rings. The Morgan fingerprint density at radius 1 is 1.22 bits per heavy atom. The zero-order chi connectivity index (χ0) is 15.8. The molecule has 1 aliphatic carbocycles. The molecule has 4 nitrogen and oxygen atoms in total. The van der Waals surface area contributed by atoms with Crippen molar-refractivity contribution in [3.05, 3.63) is 47.7 Å². The average molecular weight is 307 g/mol. The van der Waals surface area contributed by atoms with E-state index < -0.39 is 0 Å². The fraction of sp³-hybridized carbons (Fsp3) is 0.368. The number of carbonyl (C=O) groups is 1. The average Bonchev–Trinajstić information content (AvgIpc) is 3.16. The van der Waals surface area contributed by atoms with E-state index in [1.165, 1.54) is 18.4 Å². The molecule has 23 heavy (non-hydrogen) atoms. The summed E-state index contributed by atoms with van der Waals surface area (Å²) in [5.41, 5.74) is 4.33. The van der Waals surface area contributed by atoms with Crippen LogP contribution < -0.4 is 10.2 Å². The molecular formula is C19H21N3O. The highest BCUT2D eigenvalue weighted by atomic mass is 16.2. The number of hydrogen-bond donors (Lipinski definition) is 1. The largest absolute Gasteiger partial charge is 0.340 e. The predicted octanol–water partition coefficient (Wildman–Crippen LogP) is 3.97. The smallest absolute Gasteiger partial charge is 0.231 e. The predicted molar refractivity (Wildman–Crippen MR) is 92.1 cm³/mol. The first-order valence-corrected chi connectivity index (χ1v) is 8.36. The number of carbonyl (C=O) groups excluding carboxylic acids is 1. The summed E-state index contributed by atoms with van der Waals surface area (Å²) in [5.74, 6) is 1.03. The third kappa shape index (κ3) is 2.58. The van der Waals surface area contributed by atoms with Gasteiger partial charge in [0.2, 0.25) is 5.91 Å². The lowest BCUT2D eigenvalue weighted by Crippen LogP contribution is -2.35. The molecule has 0 radical (unpaired) electrons. The number of aryl methyl sites for hydroxylation is 1. The van der Waals surface area contributed by atoms with Gasteiger partial charge in [0.15, 0.2) is 0 Å². The molecule has 4 rings (SSSR count). The zero-order valence-electron chi connectivity index (χ0n) is 13.4. The number of hydrogen-bond acceptors (Lipinski definition) is 3. The van der Waals surface area contributed by atoms with E-state index in [9.17, 15) is 4.79 Å². The molecule has 0 bridgehead atoms. The molecule has 1 fully saturated rings. The van der Waals surface area contributed by atoms with Crippen LogP contribution in [0.15, 0.2) is 36.5 Å². The van der Waals surface area contributed by atoms with Crippen LogP contribution in [0.5, 0.6) is 0 Å². The maximum absolute atomic E-state index is 12.4. The van der Waals surface area contributed by atoms with Crippen LogP contribution in [0, 0.1) is 6.92 Å². The Balaban J connectivity index is 1.65. The van der Waals surface area contributed by atoms with Crippen molar-refractivity contribution in [2.24, 2.45) is 0 Å². The molecule has 0 saturated heterocycles. The molecule has 0 atom stereocenters. The standard InChI is InChI=1S/C19H21N3O/c1-13-6-2-5-9-16(13)21-18-11-17-14(12-20-18)10-19(23)22(17)15-7-3-4-8-15/h2,5-6,9,11-12,15H,3-4,7-8,10H2,1H3,(H,20,21). The molecule has 1 aliphatic heterocycles. The van der Waals surface area contributed by atoms with Crippen LogP contribution in [0.4, 0.5) is 17.2 Å². The van der Waals surface area contributed by atoms with Crippen molar-refractivity contribution in [3.8, 4) is 0 Å². The highest BCUT2D eigenvalue weighted by Gasteiger charge is 2.34. The highest BCUT2D eigenvalue weighted by molar-refractivity contribution is 6.02. The van der Waals surface area contributed by atoms with Crippen LogP contribution in [-0.2, 0) is 11.2 Å². The fourth-order valence-electron chi connectivity index (χ4n) is 3.70. The Labute approximate surface area is 136 Å². The molecule has 1 N–H and O–H groups in total. The molecule has 1 saturated carbocycles. The van der Waals surface area contributed by atoms with Crippen molar-refractivity contribution in [1.29, 1.82) is 0 Å². The van der Waals surface area contributed by atoms with E-state index in [0.717, 1.165) is 35.6 Å². The van der Waals surface area contributed by atoms with Gasteiger partial charge in [0.05, 0.1) is 12.1 Å². The Morgan fingerprint density at radius 2 is 2.00 bits per heavy atom. The van der Waals surface area contributed by atoms with Gasteiger partial charge in [0, 0.05) is 29.6 Å². The van der Waals surface area contributed by atoms with E-state index >= 15 is 0 Å². The molecule has 1 aromatic carbocycles. The Kier molecular flexibility index (Phi) is 3.52. The SMILES string of the molecule is Cc1ccccc1Nc1cc2c(cn1)CC(=O)N2C1CCCC1. The summed E-state index contributed by atoms with van der Waals surface area (Å²) >= 11 is 0. The normalized spacial score (nSPS) is 17.6. The number of benzene rings is 1. The third-order valence-electron chi connectivity index (χ3n) is 4.93. The molecule has 0 spiro atoms. The minimum absolute atomic E-state index is 0.224. The van der Waals surface area contributed by atoms with E-state index in [2.05, 4.69) is 23.3 Å². The van der Waals surface area contributed by atoms with Gasteiger partial charge in [0.25, 0.3) is 0 Å². The quantitative estimate of drug-likeness (QED) is 0.933. The van der Waals surface area contributed by atoms with Gasteiger partial charge in [-0.25, -0.2) is 4.98 Å². The number of pyridine rings is 1. The first-order chi connectivity index (χ1) is 11.2. The Bertz CT molecular complexity index is 750. The van der Waals surface area contributed by atoms with Gasteiger partial charge in [-0.2, -0.15) is 0 Å². The maximum atomic E-state index is 12.4. The summed E-state index contributed by atoms with van der Waals surface area (Å²) < 4.78 is 0. The van der Waals surface area contributed by atoms with Gasteiger partial charge in [-0.05, 0) is 31.4 Å². The first kappa shape index (κ1) is 14.2. The number of rotatable bonds is 3. The zero-order valence-corrected chi connectivity index (χ0v) is 13.4. The summed E-state index contributed by atoms with van der Waals surface area (Å²) in [7, 11) is 0. The third-order valence-corrected chi connectivity index (χ3v) is 4.93. The van der Waals surface area contributed by atoms with Gasteiger partial charge in [-0.3, -0.25) is 4.79 Å². The van der Waals surface area contributed by atoms with Gasteiger partial charge < -0.3 is 10.2 Å². The minimum atomic E-state index is 0.224. The van der Waals surface area contributed by atoms with Gasteiger partial charge in [-0.15, -0.1) is 0 Å². The molecule has 4 heteroatoms. The summed E-state index contributed by atoms with van der Waals surface area (Å²) in [6.07, 6.45) is 7.03. The van der Waals surface area contributed by atoms with Crippen LogP contribution in [0.2, 0.25) is 0 Å². The van der Waals surface area contributed by atoms with Gasteiger partial charge in [0.1, 0.15) is 5.82 Å². The summed E-state index contributed by atoms with van der Waals surface area (Å²) in [5, 5.41) is 3.38. The van der Waals surface area contributed by atoms with Crippen LogP contribution >= 0.6 is 0 Å². The molecule has 1 amide bonds. The lowest BCUT2D eigenvalue weighted by Gasteiger charge is -2.25. The number of nitrogens with zero attached hydrogens (tertiary/aromatic N) is 2. The Morgan fingerprint density at radius 3 is 2.78 bits per heavy atom. The van der Waals surface area contributed by atoms with Crippen molar-refractivity contribution in [2.75, 3.05) is 10.2 Å². The first-order valence-electron chi connectivity index (χ1n) is 8.36. The van der Waals surface area contributed by atoms with Gasteiger partial charge in [-0.1, -0.05) is 31.0 Å². The van der Waals surface area contributed by atoms with E-state index in [-0.39, 0.29) is 5.91 Å². The summed E-state index contributed by atoms with van der Waals surface area (Å²) in [4.78, 5) is 18.9. The second kappa shape index (κ2) is 5.69. The molecule has 118 valence electrons. The number of fused-ring (bicyclic) bond motifs is 1. The van der Waals surface area contributed by atoms with E-state index in [1.54, 1.807) is 0 Å². The van der Waals surface area contributed by atoms with E-state index in [0.29, 0.717) is 12.5 Å². The van der Waals surface area contributed by atoms with E-state index in [4.69, 9.17) is 0 Å². The second-order valence-electron chi connectivity index (χ2n) is 6.52. The van der Waals surface area contributed by atoms with Crippen LogP contribution in [-0.4, -0.2) is 16.9 Å². The minimum Gasteiger partial charge on any atom is -0.340 e. The molecule has 0 unspecified atom stereocenters. The molecular weight excluding hydrogens is 286 g/mol. The van der Waals surface area contributed by atoms with Gasteiger partial charge >= 0.3 is 0 Å². The van der Waals surface area contributed by atoms with Crippen LogP contribution in [0.3, 0.4) is 0 Å². The van der Waals surface area contributed by atoms with Crippen LogP contribution in [0.1, 0.15) is 36.8 Å². The number of amides is 1. The monoisotopic (exact) mass is 307 g/mol. The number of aromatic nitrogens is 1. The summed E-state index contributed by atoms with van der Waals surface area (Å²) in [6.45, 7) is 2.07. The lowest BCUT2D eigenvalue weighted by atomic mass is 10.2. The van der Waals surface area contributed by atoms with Crippen molar-refractivity contribution in [2.45, 2.75) is 45.1 Å². The fourth-order valence-corrected chi connectivity index (χ4v) is 3.70. The maximum Gasteiger partial charge on any atom is 0.231 e. The molecule has 2 heterocycles. The van der Waals surface area contributed by atoms with Crippen molar-refractivity contribution in [3.63, 3.8) is 0 Å². The second-order valence-corrected chi connectivity index (χ2v) is 6.52. The summed E-state index contributed by atoms with van der Waals surface area (Å²) in [6, 6.07) is 10.6. The van der Waals surface area contributed by atoms with Crippen molar-refractivity contribution in [1.82, 2.24) is 4.98 Å². The highest BCUT2D eigenvalue weighted by Crippen LogP contribution is 2.37. The number of anilines is 3. The number of para-hydroxylation sites is 1. The van der Waals surface area contributed by atoms with Crippen molar-refractivity contribution >= 4 is 23.1 Å². The Hall–Kier alpha value is -2.36. The van der Waals surface area contributed by atoms with Crippen molar-refractivity contribution < 1.29 is 4.79 Å². The lowest BCUT2D eigenvalue weighted by molar-refractivity contribution is -0.117.